The Bertz CT molecular complexity index is 705. The Morgan fingerprint density at radius 3 is 2.55 bits per heavy atom. The molecule has 0 saturated heterocycles. The van der Waals surface area contributed by atoms with Crippen LogP contribution in [-0.4, -0.2) is 24.5 Å². The summed E-state index contributed by atoms with van der Waals surface area (Å²) in [4.78, 5) is 17.5. The van der Waals surface area contributed by atoms with Gasteiger partial charge < -0.3 is 10.2 Å². The summed E-state index contributed by atoms with van der Waals surface area (Å²) >= 11 is 0. The highest BCUT2D eigenvalue weighted by Gasteiger charge is 2.10. The largest absolute Gasteiger partial charge is 0.350 e. The Labute approximate surface area is 125 Å². The third kappa shape index (κ3) is 3.99. The topological polar surface area (TPSA) is 69.0 Å². The van der Waals surface area contributed by atoms with Crippen molar-refractivity contribution >= 4 is 17.4 Å². The third-order valence-corrected chi connectivity index (χ3v) is 2.80. The van der Waals surface area contributed by atoms with E-state index in [1.165, 1.54) is 6.20 Å². The molecule has 22 heavy (non-hydrogen) atoms. The molecule has 1 N–H and O–H groups in total. The van der Waals surface area contributed by atoms with Crippen molar-refractivity contribution in [2.24, 2.45) is 0 Å². The number of aromatic nitrogens is 1. The maximum absolute atomic E-state index is 13.0. The number of halogens is 2. The van der Waals surface area contributed by atoms with E-state index in [-0.39, 0.29) is 12.2 Å². The zero-order chi connectivity index (χ0) is 16.1. The molecule has 2 rings (SSSR count). The smallest absolute Gasteiger partial charge is 0.243 e. The number of anilines is 2. The molecule has 1 heterocycles. The number of pyridine rings is 1. The van der Waals surface area contributed by atoms with Gasteiger partial charge in [0.2, 0.25) is 5.91 Å². The lowest BCUT2D eigenvalue weighted by Crippen LogP contribution is -2.30. The first kappa shape index (κ1) is 15.4. The van der Waals surface area contributed by atoms with Gasteiger partial charge in [0.25, 0.3) is 0 Å². The van der Waals surface area contributed by atoms with Crippen LogP contribution in [0.15, 0.2) is 36.5 Å². The molecule has 0 aliphatic heterocycles. The molecule has 1 aromatic carbocycles. The van der Waals surface area contributed by atoms with Gasteiger partial charge in [-0.2, -0.15) is 5.26 Å². The van der Waals surface area contributed by atoms with Crippen LogP contribution in [0.1, 0.15) is 5.56 Å². The van der Waals surface area contributed by atoms with Gasteiger partial charge in [-0.1, -0.05) is 0 Å². The van der Waals surface area contributed by atoms with E-state index in [1.54, 1.807) is 24.1 Å². The minimum Gasteiger partial charge on any atom is -0.350 e. The van der Waals surface area contributed by atoms with E-state index in [9.17, 15) is 13.6 Å². The lowest BCUT2D eigenvalue weighted by atomic mass is 10.3. The number of hydrogen-bond donors (Lipinski definition) is 1. The van der Waals surface area contributed by atoms with Gasteiger partial charge in [-0.05, 0) is 24.3 Å². The number of nitrogens with one attached hydrogen (secondary N) is 1. The van der Waals surface area contributed by atoms with E-state index in [0.717, 1.165) is 18.2 Å². The van der Waals surface area contributed by atoms with Crippen LogP contribution in [0.4, 0.5) is 20.3 Å². The highest BCUT2D eigenvalue weighted by Crippen LogP contribution is 2.13. The molecular formula is C15H12F2N4O. The predicted octanol–water partition coefficient (Wildman–Crippen LogP) is 2.31. The van der Waals surface area contributed by atoms with E-state index < -0.39 is 17.5 Å². The van der Waals surface area contributed by atoms with Crippen LogP contribution in [0.2, 0.25) is 0 Å². The minimum atomic E-state index is -0.766. The molecule has 0 aliphatic rings. The zero-order valence-corrected chi connectivity index (χ0v) is 11.7. The first-order valence-corrected chi connectivity index (χ1v) is 6.31. The summed E-state index contributed by atoms with van der Waals surface area (Å²) in [6.07, 6.45) is 1.39. The Morgan fingerprint density at radius 1 is 1.32 bits per heavy atom. The number of carbonyl (C=O) groups is 1. The number of nitriles is 1. The van der Waals surface area contributed by atoms with Gasteiger partial charge in [0.1, 0.15) is 23.5 Å². The van der Waals surface area contributed by atoms with Gasteiger partial charge in [-0.25, -0.2) is 13.8 Å². The van der Waals surface area contributed by atoms with Gasteiger partial charge in [0.15, 0.2) is 0 Å². The van der Waals surface area contributed by atoms with Crippen molar-refractivity contribution in [3.8, 4) is 6.07 Å². The highest BCUT2D eigenvalue weighted by molar-refractivity contribution is 5.93. The van der Waals surface area contributed by atoms with Gasteiger partial charge in [-0.3, -0.25) is 4.79 Å². The van der Waals surface area contributed by atoms with Gasteiger partial charge in [0.05, 0.1) is 12.1 Å². The van der Waals surface area contributed by atoms with E-state index in [0.29, 0.717) is 11.4 Å². The average Bonchev–Trinajstić information content (AvgIpc) is 2.46. The quantitative estimate of drug-likeness (QED) is 0.941. The lowest BCUT2D eigenvalue weighted by Gasteiger charge is -2.17. The molecule has 1 aromatic heterocycles. The molecule has 0 aliphatic carbocycles. The number of benzene rings is 1. The molecule has 0 bridgehead atoms. The van der Waals surface area contributed by atoms with Gasteiger partial charge in [0, 0.05) is 25.0 Å². The summed E-state index contributed by atoms with van der Waals surface area (Å²) in [5, 5.41) is 11.1. The maximum atomic E-state index is 13.0. The van der Waals surface area contributed by atoms with Crippen molar-refractivity contribution in [1.82, 2.24) is 4.98 Å². The summed E-state index contributed by atoms with van der Waals surface area (Å²) in [5.74, 6) is -1.48. The van der Waals surface area contributed by atoms with Crippen molar-refractivity contribution in [1.29, 1.82) is 5.26 Å². The number of hydrogen-bond acceptors (Lipinski definition) is 4. The molecule has 2 aromatic rings. The van der Waals surface area contributed by atoms with Crippen molar-refractivity contribution in [3.63, 3.8) is 0 Å². The number of likely N-dealkylation sites (N-methyl/N-ethyl adjacent to an activating group) is 1. The van der Waals surface area contributed by atoms with E-state index >= 15 is 0 Å². The molecule has 0 spiro atoms. The molecule has 0 radical (unpaired) electrons. The third-order valence-electron chi connectivity index (χ3n) is 2.80. The second-order valence-corrected chi connectivity index (χ2v) is 4.58. The maximum Gasteiger partial charge on any atom is 0.243 e. The van der Waals surface area contributed by atoms with Crippen LogP contribution in [0, 0.1) is 23.0 Å². The van der Waals surface area contributed by atoms with Crippen molar-refractivity contribution in [2.75, 3.05) is 23.8 Å². The summed E-state index contributed by atoms with van der Waals surface area (Å²) in [6.45, 7) is -0.0585. The summed E-state index contributed by atoms with van der Waals surface area (Å²) in [7, 11) is 1.64. The first-order valence-electron chi connectivity index (χ1n) is 6.31. The Hall–Kier alpha value is -3.01. The number of amides is 1. The molecule has 0 atom stereocenters. The SMILES string of the molecule is CN(CC(=O)Nc1cc(F)cc(F)c1)c1ccc(C#N)cn1. The van der Waals surface area contributed by atoms with Crippen LogP contribution in [0.25, 0.3) is 0 Å². The van der Waals surface area contributed by atoms with Crippen LogP contribution in [0.5, 0.6) is 0 Å². The fourth-order valence-electron chi connectivity index (χ4n) is 1.80. The molecule has 7 heteroatoms. The van der Waals surface area contributed by atoms with Crippen LogP contribution < -0.4 is 10.2 Å². The molecule has 1 amide bonds. The number of rotatable bonds is 4. The lowest BCUT2D eigenvalue weighted by molar-refractivity contribution is -0.114. The van der Waals surface area contributed by atoms with Gasteiger partial charge >= 0.3 is 0 Å². The van der Waals surface area contributed by atoms with Crippen molar-refractivity contribution in [2.45, 2.75) is 0 Å². The van der Waals surface area contributed by atoms with Crippen LogP contribution in [-0.2, 0) is 4.79 Å². The fraction of sp³-hybridized carbons (Fsp3) is 0.133. The van der Waals surface area contributed by atoms with Gasteiger partial charge in [-0.15, -0.1) is 0 Å². The average molecular weight is 302 g/mol. The predicted molar refractivity (Wildman–Crippen MR) is 77.2 cm³/mol. The summed E-state index contributed by atoms with van der Waals surface area (Å²) < 4.78 is 26.1. The Balaban J connectivity index is 2.00. The Kier molecular flexibility index (Phi) is 4.63. The molecule has 0 saturated carbocycles. The van der Waals surface area contributed by atoms with E-state index in [4.69, 9.17) is 5.26 Å². The standard InChI is InChI=1S/C15H12F2N4O/c1-21(14-3-2-10(7-18)8-19-14)9-15(22)20-13-5-11(16)4-12(17)6-13/h2-6,8H,9H2,1H3,(H,20,22). The number of nitrogens with zero attached hydrogens (tertiary/aromatic N) is 3. The van der Waals surface area contributed by atoms with Crippen LogP contribution in [0.3, 0.4) is 0 Å². The monoisotopic (exact) mass is 302 g/mol. The van der Waals surface area contributed by atoms with E-state index in [2.05, 4.69) is 10.3 Å². The van der Waals surface area contributed by atoms with Crippen molar-refractivity contribution in [3.05, 3.63) is 53.7 Å². The second kappa shape index (κ2) is 6.63. The second-order valence-electron chi connectivity index (χ2n) is 4.58. The number of carbonyl (C=O) groups excluding carboxylic acids is 1. The highest BCUT2D eigenvalue weighted by atomic mass is 19.1. The molecule has 112 valence electrons. The van der Waals surface area contributed by atoms with Crippen LogP contribution >= 0.6 is 0 Å². The Morgan fingerprint density at radius 2 is 2.00 bits per heavy atom. The summed E-state index contributed by atoms with van der Waals surface area (Å²) in [6, 6.07) is 7.91. The molecular weight excluding hydrogens is 290 g/mol. The molecule has 0 unspecified atom stereocenters. The minimum absolute atomic E-state index is 0.0451. The zero-order valence-electron chi connectivity index (χ0n) is 11.7. The fourth-order valence-corrected chi connectivity index (χ4v) is 1.80. The first-order chi connectivity index (χ1) is 10.5. The van der Waals surface area contributed by atoms with Crippen molar-refractivity contribution < 1.29 is 13.6 Å². The normalized spacial score (nSPS) is 9.91. The summed E-state index contributed by atoms with van der Waals surface area (Å²) in [5.41, 5.74) is 0.459. The van der Waals surface area contributed by atoms with E-state index in [1.807, 2.05) is 6.07 Å². The molecule has 0 fully saturated rings. The molecule has 5 nitrogen and oxygen atoms in total.